The van der Waals surface area contributed by atoms with Crippen LogP contribution in [0.15, 0.2) is 23.3 Å². The minimum atomic E-state index is 0.519. The molecule has 1 saturated heterocycles. The molecule has 1 aromatic carbocycles. The smallest absolute Gasteiger partial charge is 0.187 e. The van der Waals surface area contributed by atoms with Gasteiger partial charge in [0, 0.05) is 31.7 Å². The highest BCUT2D eigenvalue weighted by atomic mass is 32.1. The first kappa shape index (κ1) is 17.9. The van der Waals surface area contributed by atoms with Crippen LogP contribution in [0.25, 0.3) is 0 Å². The molecule has 2 heterocycles. The van der Waals surface area contributed by atoms with Crippen molar-refractivity contribution in [2.24, 2.45) is 5.10 Å². The van der Waals surface area contributed by atoms with Crippen molar-refractivity contribution in [3.63, 3.8) is 0 Å². The summed E-state index contributed by atoms with van der Waals surface area (Å²) in [4.78, 5) is 2.35. The van der Waals surface area contributed by atoms with Crippen LogP contribution in [-0.4, -0.2) is 68.3 Å². The first-order valence-electron chi connectivity index (χ1n) is 8.50. The van der Waals surface area contributed by atoms with Gasteiger partial charge in [-0.05, 0) is 37.3 Å². The third kappa shape index (κ3) is 5.29. The van der Waals surface area contributed by atoms with Gasteiger partial charge in [0.05, 0.1) is 18.9 Å². The molecule has 1 aromatic rings. The normalized spacial score (nSPS) is 17.9. The largest absolute Gasteiger partial charge is 0.486 e. The number of ether oxygens (including phenoxy) is 3. The summed E-state index contributed by atoms with van der Waals surface area (Å²) in [6.07, 6.45) is 0. The first-order chi connectivity index (χ1) is 12.2. The number of benzene rings is 1. The molecule has 0 bridgehead atoms. The summed E-state index contributed by atoms with van der Waals surface area (Å²) in [6.45, 7) is 8.37. The predicted octanol–water partition coefficient (Wildman–Crippen LogP) is 0.978. The van der Waals surface area contributed by atoms with E-state index in [0.717, 1.165) is 62.2 Å². The van der Waals surface area contributed by atoms with Gasteiger partial charge in [-0.1, -0.05) is 0 Å². The number of hydrogen-bond donors (Lipinski definition) is 2. The van der Waals surface area contributed by atoms with Gasteiger partial charge in [-0.15, -0.1) is 0 Å². The Labute approximate surface area is 153 Å². The van der Waals surface area contributed by atoms with E-state index in [1.165, 1.54) is 0 Å². The van der Waals surface area contributed by atoms with Crippen LogP contribution in [0.2, 0.25) is 0 Å². The van der Waals surface area contributed by atoms with Crippen molar-refractivity contribution < 1.29 is 14.2 Å². The molecule has 2 N–H and O–H groups in total. The molecule has 3 rings (SSSR count). The number of nitrogens with zero attached hydrogens (tertiary/aromatic N) is 2. The van der Waals surface area contributed by atoms with Crippen molar-refractivity contribution in [2.45, 2.75) is 6.92 Å². The van der Waals surface area contributed by atoms with Gasteiger partial charge in [-0.25, -0.2) is 0 Å². The molecular formula is C17H24N4O3S. The fraction of sp³-hybridized carbons (Fsp3) is 0.529. The summed E-state index contributed by atoms with van der Waals surface area (Å²) in [5.41, 5.74) is 4.69. The van der Waals surface area contributed by atoms with E-state index in [1.54, 1.807) is 0 Å². The average molecular weight is 364 g/mol. The van der Waals surface area contributed by atoms with Gasteiger partial charge in [-0.2, -0.15) is 5.10 Å². The number of rotatable bonds is 5. The van der Waals surface area contributed by atoms with E-state index in [4.69, 9.17) is 26.4 Å². The molecule has 0 spiro atoms. The molecule has 0 amide bonds. The van der Waals surface area contributed by atoms with Gasteiger partial charge in [0.2, 0.25) is 0 Å². The summed E-state index contributed by atoms with van der Waals surface area (Å²) in [6, 6.07) is 5.80. The molecule has 2 aliphatic rings. The van der Waals surface area contributed by atoms with Gasteiger partial charge in [0.1, 0.15) is 13.2 Å². The van der Waals surface area contributed by atoms with Crippen LogP contribution in [0.1, 0.15) is 12.5 Å². The lowest BCUT2D eigenvalue weighted by atomic mass is 10.1. The SMILES string of the molecule is C/C(=N/NC(=S)NCCN1CCOCC1)c1ccc2c(c1)OCCO2. The summed E-state index contributed by atoms with van der Waals surface area (Å²) >= 11 is 5.27. The van der Waals surface area contributed by atoms with Crippen molar-refractivity contribution in [3.8, 4) is 11.5 Å². The van der Waals surface area contributed by atoms with Crippen LogP contribution in [-0.2, 0) is 4.74 Å². The Morgan fingerprint density at radius 3 is 2.72 bits per heavy atom. The lowest BCUT2D eigenvalue weighted by molar-refractivity contribution is 0.0389. The molecule has 0 saturated carbocycles. The molecule has 0 unspecified atom stereocenters. The minimum Gasteiger partial charge on any atom is -0.486 e. The van der Waals surface area contributed by atoms with Crippen LogP contribution < -0.4 is 20.2 Å². The Morgan fingerprint density at radius 2 is 1.92 bits per heavy atom. The number of fused-ring (bicyclic) bond motifs is 1. The number of hydrogen-bond acceptors (Lipinski definition) is 6. The Kier molecular flexibility index (Phi) is 6.43. The summed E-state index contributed by atoms with van der Waals surface area (Å²) in [5.74, 6) is 1.53. The zero-order valence-electron chi connectivity index (χ0n) is 14.4. The van der Waals surface area contributed by atoms with E-state index in [-0.39, 0.29) is 0 Å². The van der Waals surface area contributed by atoms with Gasteiger partial charge < -0.3 is 19.5 Å². The zero-order chi connectivity index (χ0) is 17.5. The Bertz CT molecular complexity index is 632. The van der Waals surface area contributed by atoms with Crippen LogP contribution in [0.3, 0.4) is 0 Å². The fourth-order valence-electron chi connectivity index (χ4n) is 2.66. The van der Waals surface area contributed by atoms with Crippen LogP contribution in [0.5, 0.6) is 11.5 Å². The van der Waals surface area contributed by atoms with Crippen molar-refractivity contribution in [1.29, 1.82) is 0 Å². The number of morpholine rings is 1. The average Bonchev–Trinajstić information content (AvgIpc) is 2.66. The highest BCUT2D eigenvalue weighted by Crippen LogP contribution is 2.30. The molecule has 136 valence electrons. The maximum Gasteiger partial charge on any atom is 0.187 e. The van der Waals surface area contributed by atoms with Crippen LogP contribution >= 0.6 is 12.2 Å². The quantitative estimate of drug-likeness (QED) is 0.459. The Morgan fingerprint density at radius 1 is 1.16 bits per heavy atom. The molecule has 7 nitrogen and oxygen atoms in total. The molecule has 0 radical (unpaired) electrons. The van der Waals surface area contributed by atoms with E-state index in [0.29, 0.717) is 18.3 Å². The summed E-state index contributed by atoms with van der Waals surface area (Å²) < 4.78 is 16.5. The van der Waals surface area contributed by atoms with E-state index in [1.807, 2.05) is 25.1 Å². The molecule has 0 aliphatic carbocycles. The second kappa shape index (κ2) is 8.98. The first-order valence-corrected chi connectivity index (χ1v) is 8.91. The molecular weight excluding hydrogens is 340 g/mol. The maximum atomic E-state index is 5.60. The summed E-state index contributed by atoms with van der Waals surface area (Å²) in [7, 11) is 0. The van der Waals surface area contributed by atoms with Crippen molar-refractivity contribution >= 4 is 23.0 Å². The predicted molar refractivity (Wildman–Crippen MR) is 101 cm³/mol. The second-order valence-electron chi connectivity index (χ2n) is 5.88. The second-order valence-corrected chi connectivity index (χ2v) is 6.29. The standard InChI is InChI=1S/C17H24N4O3S/c1-13(14-2-3-15-16(12-14)24-11-10-23-15)19-20-17(25)18-4-5-21-6-8-22-9-7-21/h2-3,12H,4-11H2,1H3,(H2,18,20,25)/b19-13-. The molecule has 0 aromatic heterocycles. The highest BCUT2D eigenvalue weighted by molar-refractivity contribution is 7.80. The Balaban J connectivity index is 1.45. The van der Waals surface area contributed by atoms with E-state index in [9.17, 15) is 0 Å². The van der Waals surface area contributed by atoms with Crippen molar-refractivity contribution in [2.75, 3.05) is 52.6 Å². The molecule has 8 heteroatoms. The minimum absolute atomic E-state index is 0.519. The van der Waals surface area contributed by atoms with Gasteiger partial charge in [0.15, 0.2) is 16.6 Å². The van der Waals surface area contributed by atoms with E-state index >= 15 is 0 Å². The lowest BCUT2D eigenvalue weighted by Gasteiger charge is -2.26. The van der Waals surface area contributed by atoms with Crippen LogP contribution in [0, 0.1) is 0 Å². The number of nitrogens with one attached hydrogen (secondary N) is 2. The lowest BCUT2D eigenvalue weighted by Crippen LogP contribution is -2.42. The van der Waals surface area contributed by atoms with Gasteiger partial charge in [-0.3, -0.25) is 10.3 Å². The molecule has 0 atom stereocenters. The fourth-order valence-corrected chi connectivity index (χ4v) is 2.81. The summed E-state index contributed by atoms with van der Waals surface area (Å²) in [5, 5.41) is 8.03. The van der Waals surface area contributed by atoms with Crippen molar-refractivity contribution in [1.82, 2.24) is 15.6 Å². The number of thiocarbonyl (C=S) groups is 1. The topological polar surface area (TPSA) is 67.4 Å². The third-order valence-electron chi connectivity index (χ3n) is 4.10. The van der Waals surface area contributed by atoms with Gasteiger partial charge in [0.25, 0.3) is 0 Å². The Hall–Kier alpha value is -1.90. The highest BCUT2D eigenvalue weighted by Gasteiger charge is 2.13. The maximum absolute atomic E-state index is 5.60. The third-order valence-corrected chi connectivity index (χ3v) is 4.34. The van der Waals surface area contributed by atoms with Crippen LogP contribution in [0.4, 0.5) is 0 Å². The zero-order valence-corrected chi connectivity index (χ0v) is 15.2. The van der Waals surface area contributed by atoms with E-state index in [2.05, 4.69) is 20.7 Å². The van der Waals surface area contributed by atoms with E-state index < -0.39 is 0 Å². The molecule has 2 aliphatic heterocycles. The monoisotopic (exact) mass is 364 g/mol. The molecule has 1 fully saturated rings. The van der Waals surface area contributed by atoms with Crippen molar-refractivity contribution in [3.05, 3.63) is 23.8 Å². The molecule has 25 heavy (non-hydrogen) atoms. The number of hydrazone groups is 1. The van der Waals surface area contributed by atoms with Gasteiger partial charge >= 0.3 is 0 Å².